The zero-order chi connectivity index (χ0) is 9.84. The van der Waals surface area contributed by atoms with Crippen LogP contribution in [0.4, 0.5) is 0 Å². The highest BCUT2D eigenvalue weighted by Crippen LogP contribution is 2.33. The third-order valence-electron chi connectivity index (χ3n) is 1.61. The van der Waals surface area contributed by atoms with E-state index in [9.17, 15) is 5.11 Å². The van der Waals surface area contributed by atoms with E-state index < -0.39 is 0 Å². The molecule has 0 amide bonds. The van der Waals surface area contributed by atoms with Gasteiger partial charge in [0, 0.05) is 23.2 Å². The van der Waals surface area contributed by atoms with Crippen molar-refractivity contribution in [3.05, 3.63) is 22.7 Å². The normalized spacial score (nSPS) is 10.1. The molecule has 3 N–H and O–H groups in total. The number of hydrogen-bond acceptors (Lipinski definition) is 4. The molecule has 0 aliphatic heterocycles. The third-order valence-corrected chi connectivity index (χ3v) is 1.83. The lowest BCUT2D eigenvalue weighted by atomic mass is 10.2. The van der Waals surface area contributed by atoms with Gasteiger partial charge in [-0.25, -0.2) is 5.48 Å². The number of methoxy groups -OCH3 is 1. The second-order valence-corrected chi connectivity index (χ2v) is 2.89. The molecule has 0 aliphatic carbocycles. The fourth-order valence-corrected chi connectivity index (χ4v) is 1.23. The fourth-order valence-electron chi connectivity index (χ4n) is 1.00. The van der Waals surface area contributed by atoms with E-state index in [-0.39, 0.29) is 18.0 Å². The number of aromatic hydroxyl groups is 1. The Balaban J connectivity index is 3.11. The van der Waals surface area contributed by atoms with Crippen LogP contribution in [0, 0.1) is 0 Å². The van der Waals surface area contributed by atoms with Gasteiger partial charge in [-0.3, -0.25) is 0 Å². The molecule has 72 valence electrons. The Morgan fingerprint density at radius 1 is 1.54 bits per heavy atom. The van der Waals surface area contributed by atoms with Crippen molar-refractivity contribution >= 4 is 11.6 Å². The number of ether oxygens (including phenoxy) is 1. The summed E-state index contributed by atoms with van der Waals surface area (Å²) in [6.07, 6.45) is 0. The summed E-state index contributed by atoms with van der Waals surface area (Å²) in [5.74, 6) is 0.270. The molecule has 0 radical (unpaired) electrons. The first kappa shape index (κ1) is 10.1. The number of phenolic OH excluding ortho intramolecular Hbond substituents is 1. The summed E-state index contributed by atoms with van der Waals surface area (Å²) in [6, 6.07) is 3.04. The van der Waals surface area contributed by atoms with Gasteiger partial charge in [-0.2, -0.15) is 0 Å². The lowest BCUT2D eigenvalue weighted by Gasteiger charge is -2.08. The first-order chi connectivity index (χ1) is 6.19. The zero-order valence-corrected chi connectivity index (χ0v) is 7.80. The van der Waals surface area contributed by atoms with Crippen molar-refractivity contribution in [3.63, 3.8) is 0 Å². The maximum Gasteiger partial charge on any atom is 0.162 e. The van der Waals surface area contributed by atoms with Crippen molar-refractivity contribution in [2.75, 3.05) is 7.11 Å². The molecule has 4 nitrogen and oxygen atoms in total. The van der Waals surface area contributed by atoms with Crippen LogP contribution in [0.1, 0.15) is 5.56 Å². The summed E-state index contributed by atoms with van der Waals surface area (Å²) in [5.41, 5.74) is 2.41. The molecule has 0 bridgehead atoms. The quantitative estimate of drug-likeness (QED) is 0.652. The largest absolute Gasteiger partial charge is 0.504 e. The van der Waals surface area contributed by atoms with Crippen LogP contribution in [-0.4, -0.2) is 17.4 Å². The van der Waals surface area contributed by atoms with Crippen LogP contribution in [0.15, 0.2) is 12.1 Å². The first-order valence-corrected chi connectivity index (χ1v) is 3.99. The maximum atomic E-state index is 9.51. The zero-order valence-electron chi connectivity index (χ0n) is 7.04. The Hall–Kier alpha value is -0.970. The smallest absolute Gasteiger partial charge is 0.162 e. The van der Waals surface area contributed by atoms with Crippen molar-refractivity contribution in [2.45, 2.75) is 6.54 Å². The van der Waals surface area contributed by atoms with E-state index in [0.717, 1.165) is 0 Å². The van der Waals surface area contributed by atoms with Crippen LogP contribution in [-0.2, 0) is 6.54 Å². The average molecular weight is 204 g/mol. The molecular formula is C8H10ClNO3. The van der Waals surface area contributed by atoms with Gasteiger partial charge in [0.1, 0.15) is 0 Å². The Kier molecular flexibility index (Phi) is 3.36. The fraction of sp³-hybridized carbons (Fsp3) is 0.250. The minimum atomic E-state index is -0.0200. The molecule has 0 aromatic heterocycles. The molecule has 0 unspecified atom stereocenters. The summed E-state index contributed by atoms with van der Waals surface area (Å²) in [4.78, 5) is 0. The van der Waals surface area contributed by atoms with Crippen LogP contribution in [0.5, 0.6) is 11.5 Å². The standard InChI is InChI=1S/C8H10ClNO3/c1-13-7-3-6(9)2-5(4-10-12)8(7)11/h2-3,10-12H,4H2,1H3. The van der Waals surface area contributed by atoms with Crippen LogP contribution in [0.25, 0.3) is 0 Å². The SMILES string of the molecule is COc1cc(Cl)cc(CNO)c1O. The molecule has 0 saturated heterocycles. The van der Waals surface area contributed by atoms with E-state index in [4.69, 9.17) is 21.5 Å². The van der Waals surface area contributed by atoms with Crippen molar-refractivity contribution in [3.8, 4) is 11.5 Å². The molecule has 0 saturated carbocycles. The average Bonchev–Trinajstić information content (AvgIpc) is 2.11. The van der Waals surface area contributed by atoms with E-state index >= 15 is 0 Å². The summed E-state index contributed by atoms with van der Waals surface area (Å²) in [7, 11) is 1.43. The number of benzene rings is 1. The summed E-state index contributed by atoms with van der Waals surface area (Å²) in [5, 5.41) is 18.4. The lowest BCUT2D eigenvalue weighted by molar-refractivity contribution is 0.160. The number of phenols is 1. The highest BCUT2D eigenvalue weighted by Gasteiger charge is 2.08. The maximum absolute atomic E-state index is 9.51. The van der Waals surface area contributed by atoms with Crippen LogP contribution < -0.4 is 10.2 Å². The van der Waals surface area contributed by atoms with E-state index in [1.807, 2.05) is 5.48 Å². The van der Waals surface area contributed by atoms with Crippen molar-refractivity contribution in [1.29, 1.82) is 0 Å². The van der Waals surface area contributed by atoms with Gasteiger partial charge >= 0.3 is 0 Å². The first-order valence-electron chi connectivity index (χ1n) is 3.61. The molecule has 0 spiro atoms. The van der Waals surface area contributed by atoms with Gasteiger partial charge < -0.3 is 15.1 Å². The summed E-state index contributed by atoms with van der Waals surface area (Å²) in [6.45, 7) is 0.114. The van der Waals surface area contributed by atoms with E-state index in [1.54, 1.807) is 6.07 Å². The minimum Gasteiger partial charge on any atom is -0.504 e. The Morgan fingerprint density at radius 3 is 2.77 bits per heavy atom. The third kappa shape index (κ3) is 2.24. The van der Waals surface area contributed by atoms with Gasteiger partial charge in [0.25, 0.3) is 0 Å². The van der Waals surface area contributed by atoms with Crippen LogP contribution in [0.3, 0.4) is 0 Å². The summed E-state index contributed by atoms with van der Waals surface area (Å²) < 4.78 is 4.87. The van der Waals surface area contributed by atoms with E-state index in [0.29, 0.717) is 10.6 Å². The van der Waals surface area contributed by atoms with Gasteiger partial charge in [0.2, 0.25) is 0 Å². The van der Waals surface area contributed by atoms with E-state index in [1.165, 1.54) is 13.2 Å². The lowest BCUT2D eigenvalue weighted by Crippen LogP contribution is -2.06. The van der Waals surface area contributed by atoms with Gasteiger partial charge in [-0.05, 0) is 6.07 Å². The molecule has 5 heteroatoms. The Morgan fingerprint density at radius 2 is 2.23 bits per heavy atom. The van der Waals surface area contributed by atoms with Crippen LogP contribution in [0.2, 0.25) is 5.02 Å². The molecule has 1 aromatic carbocycles. The Labute approximate surface area is 80.7 Å². The van der Waals surface area contributed by atoms with Gasteiger partial charge in [-0.15, -0.1) is 0 Å². The molecule has 0 atom stereocenters. The topological polar surface area (TPSA) is 61.7 Å². The van der Waals surface area contributed by atoms with E-state index in [2.05, 4.69) is 0 Å². The molecular weight excluding hydrogens is 194 g/mol. The van der Waals surface area contributed by atoms with Gasteiger partial charge in [0.05, 0.1) is 7.11 Å². The number of nitrogens with one attached hydrogen (secondary N) is 1. The highest BCUT2D eigenvalue weighted by atomic mass is 35.5. The predicted molar refractivity (Wildman–Crippen MR) is 48.3 cm³/mol. The molecule has 0 heterocycles. The minimum absolute atomic E-state index is 0.0200. The van der Waals surface area contributed by atoms with Crippen molar-refractivity contribution < 1.29 is 15.1 Å². The second-order valence-electron chi connectivity index (χ2n) is 2.45. The molecule has 1 rings (SSSR count). The second kappa shape index (κ2) is 4.32. The molecule has 0 fully saturated rings. The van der Waals surface area contributed by atoms with Gasteiger partial charge in [0.15, 0.2) is 11.5 Å². The number of rotatable bonds is 3. The number of halogens is 1. The van der Waals surface area contributed by atoms with Crippen molar-refractivity contribution in [1.82, 2.24) is 5.48 Å². The number of hydrogen-bond donors (Lipinski definition) is 3. The Bertz CT molecular complexity index is 304. The molecule has 0 aliphatic rings. The van der Waals surface area contributed by atoms with Crippen molar-refractivity contribution in [2.24, 2.45) is 0 Å². The van der Waals surface area contributed by atoms with Crippen LogP contribution >= 0.6 is 11.6 Å². The van der Waals surface area contributed by atoms with Gasteiger partial charge in [-0.1, -0.05) is 11.6 Å². The number of hydroxylamine groups is 1. The predicted octanol–water partition coefficient (Wildman–Crippen LogP) is 1.53. The monoisotopic (exact) mass is 203 g/mol. The molecule has 1 aromatic rings. The highest BCUT2D eigenvalue weighted by molar-refractivity contribution is 6.30. The molecule has 13 heavy (non-hydrogen) atoms. The summed E-state index contributed by atoms with van der Waals surface area (Å²) >= 11 is 5.74.